The first-order valence-electron chi connectivity index (χ1n) is 8.29. The van der Waals surface area contributed by atoms with Gasteiger partial charge in [-0.05, 0) is 55.7 Å². The first-order valence-corrected chi connectivity index (χ1v) is 9.09. The van der Waals surface area contributed by atoms with E-state index >= 15 is 0 Å². The highest BCUT2D eigenvalue weighted by molar-refractivity contribution is 9.10. The van der Waals surface area contributed by atoms with Gasteiger partial charge in [-0.3, -0.25) is 4.79 Å². The minimum atomic E-state index is -0.194. The molecule has 0 aliphatic rings. The second kappa shape index (κ2) is 7.18. The lowest BCUT2D eigenvalue weighted by atomic mass is 10.1. The number of carbonyl (C=O) groups excluding carboxylic acids is 1. The van der Waals surface area contributed by atoms with Crippen LogP contribution in [0.3, 0.4) is 0 Å². The van der Waals surface area contributed by atoms with Crippen molar-refractivity contribution in [2.75, 3.05) is 11.9 Å². The van der Waals surface area contributed by atoms with Crippen molar-refractivity contribution in [1.82, 2.24) is 0 Å². The number of fused-ring (bicyclic) bond motifs is 2. The van der Waals surface area contributed by atoms with E-state index in [9.17, 15) is 4.79 Å². The predicted octanol–water partition coefficient (Wildman–Crippen LogP) is 5.77. The van der Waals surface area contributed by atoms with E-state index in [4.69, 9.17) is 4.74 Å². The summed E-state index contributed by atoms with van der Waals surface area (Å²) in [6.45, 7) is -0.0518. The van der Waals surface area contributed by atoms with Crippen LogP contribution in [0.25, 0.3) is 21.5 Å². The molecule has 0 unspecified atom stereocenters. The quantitative estimate of drug-likeness (QED) is 0.467. The van der Waals surface area contributed by atoms with E-state index in [-0.39, 0.29) is 12.5 Å². The fourth-order valence-corrected chi connectivity index (χ4v) is 3.54. The molecule has 0 radical (unpaired) electrons. The van der Waals surface area contributed by atoms with Gasteiger partial charge in [0, 0.05) is 5.69 Å². The van der Waals surface area contributed by atoms with Gasteiger partial charge in [0.05, 0.1) is 4.47 Å². The SMILES string of the molecule is O=C(COc1ccc2ccccc2c1Br)Nc1ccc2ccccc2c1. The lowest BCUT2D eigenvalue weighted by Gasteiger charge is -2.11. The van der Waals surface area contributed by atoms with Crippen LogP contribution >= 0.6 is 15.9 Å². The maximum atomic E-state index is 12.2. The normalized spacial score (nSPS) is 10.8. The number of hydrogen-bond donors (Lipinski definition) is 1. The molecule has 128 valence electrons. The van der Waals surface area contributed by atoms with E-state index < -0.39 is 0 Å². The Morgan fingerprint density at radius 1 is 0.846 bits per heavy atom. The molecule has 0 fully saturated rings. The highest BCUT2D eigenvalue weighted by Gasteiger charge is 2.09. The lowest BCUT2D eigenvalue weighted by molar-refractivity contribution is -0.118. The van der Waals surface area contributed by atoms with E-state index in [1.54, 1.807) is 0 Å². The first-order chi connectivity index (χ1) is 12.7. The van der Waals surface area contributed by atoms with Crippen LogP contribution in [0.1, 0.15) is 0 Å². The molecule has 4 rings (SSSR count). The van der Waals surface area contributed by atoms with Gasteiger partial charge in [0.15, 0.2) is 6.61 Å². The van der Waals surface area contributed by atoms with Gasteiger partial charge in [0.25, 0.3) is 5.91 Å². The van der Waals surface area contributed by atoms with Crippen LogP contribution in [0.5, 0.6) is 5.75 Å². The number of carbonyl (C=O) groups is 1. The molecule has 1 amide bonds. The third kappa shape index (κ3) is 3.41. The zero-order valence-corrected chi connectivity index (χ0v) is 15.5. The van der Waals surface area contributed by atoms with Crippen molar-refractivity contribution in [2.45, 2.75) is 0 Å². The molecule has 0 spiro atoms. The number of amides is 1. The molecule has 0 aliphatic heterocycles. The summed E-state index contributed by atoms with van der Waals surface area (Å²) in [4.78, 5) is 12.2. The average Bonchev–Trinajstić information content (AvgIpc) is 2.67. The number of hydrogen-bond acceptors (Lipinski definition) is 2. The van der Waals surface area contributed by atoms with E-state index in [2.05, 4.69) is 21.2 Å². The number of ether oxygens (including phenoxy) is 1. The molecule has 0 saturated carbocycles. The Morgan fingerprint density at radius 2 is 1.54 bits per heavy atom. The highest BCUT2D eigenvalue weighted by Crippen LogP contribution is 2.33. The monoisotopic (exact) mass is 405 g/mol. The van der Waals surface area contributed by atoms with Crippen LogP contribution in [-0.4, -0.2) is 12.5 Å². The third-order valence-electron chi connectivity index (χ3n) is 4.22. The number of nitrogens with one attached hydrogen (secondary N) is 1. The third-order valence-corrected chi connectivity index (χ3v) is 5.04. The van der Waals surface area contributed by atoms with Crippen LogP contribution < -0.4 is 10.1 Å². The van der Waals surface area contributed by atoms with Crippen LogP contribution in [0.2, 0.25) is 0 Å². The van der Waals surface area contributed by atoms with Crippen LogP contribution in [0.4, 0.5) is 5.69 Å². The summed E-state index contributed by atoms with van der Waals surface area (Å²) in [6.07, 6.45) is 0. The Balaban J connectivity index is 1.46. The van der Waals surface area contributed by atoms with Crippen molar-refractivity contribution in [3.8, 4) is 5.75 Å². The van der Waals surface area contributed by atoms with Crippen molar-refractivity contribution in [1.29, 1.82) is 0 Å². The average molecular weight is 406 g/mol. The molecule has 0 bridgehead atoms. The Kier molecular flexibility index (Phi) is 4.59. The Hall–Kier alpha value is -2.85. The number of benzene rings is 4. The topological polar surface area (TPSA) is 38.3 Å². The summed E-state index contributed by atoms with van der Waals surface area (Å²) < 4.78 is 6.56. The largest absolute Gasteiger partial charge is 0.483 e. The smallest absolute Gasteiger partial charge is 0.262 e. The second-order valence-corrected chi connectivity index (χ2v) is 6.79. The Morgan fingerprint density at radius 3 is 2.38 bits per heavy atom. The van der Waals surface area contributed by atoms with E-state index in [1.165, 1.54) is 0 Å². The van der Waals surface area contributed by atoms with Crippen LogP contribution in [-0.2, 0) is 4.79 Å². The molecule has 0 heterocycles. The maximum absolute atomic E-state index is 12.2. The zero-order valence-electron chi connectivity index (χ0n) is 13.9. The molecule has 0 atom stereocenters. The molecule has 3 nitrogen and oxygen atoms in total. The van der Waals surface area contributed by atoms with Crippen LogP contribution in [0, 0.1) is 0 Å². The minimum absolute atomic E-state index is 0.0518. The van der Waals surface area contributed by atoms with Gasteiger partial charge in [-0.15, -0.1) is 0 Å². The molecule has 4 aromatic carbocycles. The van der Waals surface area contributed by atoms with Crippen molar-refractivity contribution >= 4 is 49.1 Å². The van der Waals surface area contributed by atoms with Gasteiger partial charge in [-0.2, -0.15) is 0 Å². The van der Waals surface area contributed by atoms with Gasteiger partial charge in [0.2, 0.25) is 0 Å². The second-order valence-electron chi connectivity index (χ2n) is 6.00. The molecule has 26 heavy (non-hydrogen) atoms. The van der Waals surface area contributed by atoms with E-state index in [0.717, 1.165) is 31.7 Å². The van der Waals surface area contributed by atoms with Gasteiger partial charge in [-0.1, -0.05) is 60.7 Å². The number of anilines is 1. The van der Waals surface area contributed by atoms with E-state index in [1.807, 2.05) is 78.9 Å². The first kappa shape index (κ1) is 16.6. The Labute approximate surface area is 159 Å². The maximum Gasteiger partial charge on any atom is 0.262 e. The lowest BCUT2D eigenvalue weighted by Crippen LogP contribution is -2.20. The predicted molar refractivity (Wildman–Crippen MR) is 110 cm³/mol. The molecule has 0 aromatic heterocycles. The summed E-state index contributed by atoms with van der Waals surface area (Å²) in [6, 6.07) is 25.8. The number of halogens is 1. The van der Waals surface area contributed by atoms with Crippen molar-refractivity contribution in [2.24, 2.45) is 0 Å². The molecule has 1 N–H and O–H groups in total. The summed E-state index contributed by atoms with van der Waals surface area (Å²) >= 11 is 3.57. The fourth-order valence-electron chi connectivity index (χ4n) is 2.93. The zero-order chi connectivity index (χ0) is 17.9. The van der Waals surface area contributed by atoms with Gasteiger partial charge >= 0.3 is 0 Å². The summed E-state index contributed by atoms with van der Waals surface area (Å²) in [5.41, 5.74) is 0.759. The van der Waals surface area contributed by atoms with Gasteiger partial charge < -0.3 is 10.1 Å². The molecule has 4 heteroatoms. The van der Waals surface area contributed by atoms with Crippen molar-refractivity contribution in [3.63, 3.8) is 0 Å². The fraction of sp³-hybridized carbons (Fsp3) is 0.0455. The summed E-state index contributed by atoms with van der Waals surface area (Å²) in [5.74, 6) is 0.456. The summed E-state index contributed by atoms with van der Waals surface area (Å²) in [5, 5.41) is 7.28. The summed E-state index contributed by atoms with van der Waals surface area (Å²) in [7, 11) is 0. The molecule has 0 aliphatic carbocycles. The van der Waals surface area contributed by atoms with Crippen molar-refractivity contribution < 1.29 is 9.53 Å². The van der Waals surface area contributed by atoms with Gasteiger partial charge in [0.1, 0.15) is 5.75 Å². The molecular weight excluding hydrogens is 390 g/mol. The molecule has 0 saturated heterocycles. The number of rotatable bonds is 4. The van der Waals surface area contributed by atoms with Crippen LogP contribution in [0.15, 0.2) is 83.3 Å². The minimum Gasteiger partial charge on any atom is -0.483 e. The Bertz CT molecular complexity index is 1110. The van der Waals surface area contributed by atoms with E-state index in [0.29, 0.717) is 5.75 Å². The highest BCUT2D eigenvalue weighted by atomic mass is 79.9. The molecular formula is C22H16BrNO2. The van der Waals surface area contributed by atoms with Crippen molar-refractivity contribution in [3.05, 3.63) is 83.3 Å². The molecule has 4 aromatic rings. The van der Waals surface area contributed by atoms with Gasteiger partial charge in [-0.25, -0.2) is 0 Å². The standard InChI is InChI=1S/C22H16BrNO2/c23-22-19-8-4-3-6-16(19)10-12-20(22)26-14-21(25)24-18-11-9-15-5-1-2-7-17(15)13-18/h1-13H,14H2,(H,24,25).